The molecule has 0 radical (unpaired) electrons. The molecule has 0 fully saturated rings. The number of hydrogen-bond donors (Lipinski definition) is 1. The number of carbonyl (C=O) groups excluding carboxylic acids is 2. The minimum atomic E-state index is -0.896. The van der Waals surface area contributed by atoms with Gasteiger partial charge in [-0.3, -0.25) is 9.59 Å². The van der Waals surface area contributed by atoms with Gasteiger partial charge in [0, 0.05) is 45.2 Å². The van der Waals surface area contributed by atoms with E-state index < -0.39 is 17.8 Å². The molecule has 1 N–H and O–H groups in total. The van der Waals surface area contributed by atoms with E-state index in [0.29, 0.717) is 15.6 Å². The molecule has 0 heterocycles. The van der Waals surface area contributed by atoms with E-state index in [4.69, 9.17) is 34.8 Å². The number of halogens is 4. The van der Waals surface area contributed by atoms with Crippen LogP contribution in [0, 0.1) is 5.82 Å². The fourth-order valence-corrected chi connectivity index (χ4v) is 4.55. The highest BCUT2D eigenvalue weighted by atomic mass is 35.5. The average Bonchev–Trinajstić information content (AvgIpc) is 2.85. The van der Waals surface area contributed by atoms with E-state index >= 15 is 0 Å². The van der Waals surface area contributed by atoms with Gasteiger partial charge in [-0.15, -0.1) is 0 Å². The summed E-state index contributed by atoms with van der Waals surface area (Å²) in [6, 6.07) is 17.7. The van der Waals surface area contributed by atoms with Gasteiger partial charge in [-0.25, -0.2) is 4.39 Å². The SMILES string of the molecule is CC[C@H](C)NC(=O)[C@@H](Cc1ccccc1)N(Cc1c(Cl)cccc1Cl)C(=O)Cc1c(F)cccc1Cl. The maximum atomic E-state index is 14.6. The van der Waals surface area contributed by atoms with E-state index in [9.17, 15) is 14.0 Å². The van der Waals surface area contributed by atoms with Crippen molar-refractivity contribution >= 4 is 46.6 Å². The highest BCUT2D eigenvalue weighted by molar-refractivity contribution is 6.36. The first kappa shape index (κ1) is 28.0. The van der Waals surface area contributed by atoms with Crippen LogP contribution in [0.15, 0.2) is 66.7 Å². The molecule has 0 bridgehead atoms. The van der Waals surface area contributed by atoms with Crippen molar-refractivity contribution in [1.29, 1.82) is 0 Å². The van der Waals surface area contributed by atoms with Gasteiger partial charge in [0.1, 0.15) is 11.9 Å². The molecule has 3 aromatic rings. The third-order valence-corrected chi connectivity index (χ3v) is 7.11. The van der Waals surface area contributed by atoms with Crippen molar-refractivity contribution in [3.8, 4) is 0 Å². The molecule has 0 spiro atoms. The molecule has 8 heteroatoms. The number of benzene rings is 3. The zero-order chi connectivity index (χ0) is 26.2. The summed E-state index contributed by atoms with van der Waals surface area (Å²) in [6.07, 6.45) is 0.649. The molecular formula is C28H28Cl3FN2O2. The number of nitrogens with zero attached hydrogens (tertiary/aromatic N) is 1. The van der Waals surface area contributed by atoms with E-state index in [2.05, 4.69) is 5.32 Å². The number of carbonyl (C=O) groups is 2. The summed E-state index contributed by atoms with van der Waals surface area (Å²) in [4.78, 5) is 28.7. The predicted molar refractivity (Wildman–Crippen MR) is 144 cm³/mol. The van der Waals surface area contributed by atoms with Gasteiger partial charge in [0.2, 0.25) is 11.8 Å². The smallest absolute Gasteiger partial charge is 0.243 e. The Labute approximate surface area is 226 Å². The van der Waals surface area contributed by atoms with Crippen LogP contribution in [0.1, 0.15) is 37.0 Å². The molecule has 2 amide bonds. The van der Waals surface area contributed by atoms with Crippen molar-refractivity contribution in [3.63, 3.8) is 0 Å². The predicted octanol–water partition coefficient (Wildman–Crippen LogP) is 6.88. The minimum absolute atomic E-state index is 0.0329. The standard InChI is InChI=1S/C28H28Cl3FN2O2/c1-3-18(2)33-28(36)26(15-19-9-5-4-6-10-19)34(17-21-23(30)11-7-12-24(21)31)27(35)16-20-22(29)13-8-14-25(20)32/h4-14,18,26H,3,15-17H2,1-2H3,(H,33,36)/t18-,26+/m0/s1. The van der Waals surface area contributed by atoms with Crippen LogP contribution in [0.4, 0.5) is 4.39 Å². The molecule has 0 aliphatic rings. The van der Waals surface area contributed by atoms with Crippen LogP contribution in [0.3, 0.4) is 0 Å². The van der Waals surface area contributed by atoms with Gasteiger partial charge < -0.3 is 10.2 Å². The lowest BCUT2D eigenvalue weighted by molar-refractivity contribution is -0.141. The summed E-state index contributed by atoms with van der Waals surface area (Å²) in [5.74, 6) is -1.38. The second-order valence-corrected chi connectivity index (χ2v) is 9.84. The third kappa shape index (κ3) is 7.22. The normalized spacial score (nSPS) is 12.6. The topological polar surface area (TPSA) is 49.4 Å². The second kappa shape index (κ2) is 13.1. The summed E-state index contributed by atoms with van der Waals surface area (Å²) >= 11 is 19.1. The quantitative estimate of drug-likeness (QED) is 0.300. The fourth-order valence-electron chi connectivity index (χ4n) is 3.80. The van der Waals surface area contributed by atoms with Crippen LogP contribution in [0.2, 0.25) is 15.1 Å². The van der Waals surface area contributed by atoms with Gasteiger partial charge in [-0.05, 0) is 43.2 Å². The molecule has 0 unspecified atom stereocenters. The second-order valence-electron chi connectivity index (χ2n) is 8.62. The summed E-state index contributed by atoms with van der Waals surface area (Å²) < 4.78 is 14.6. The zero-order valence-corrected chi connectivity index (χ0v) is 22.4. The van der Waals surface area contributed by atoms with Crippen LogP contribution in [-0.4, -0.2) is 28.8 Å². The molecule has 3 rings (SSSR count). The van der Waals surface area contributed by atoms with E-state index in [1.807, 2.05) is 44.2 Å². The highest BCUT2D eigenvalue weighted by Gasteiger charge is 2.32. The van der Waals surface area contributed by atoms with Crippen LogP contribution in [0.25, 0.3) is 0 Å². The zero-order valence-electron chi connectivity index (χ0n) is 20.1. The first-order valence-electron chi connectivity index (χ1n) is 11.7. The molecule has 0 aliphatic carbocycles. The number of hydrogen-bond acceptors (Lipinski definition) is 2. The van der Waals surface area contributed by atoms with Crippen molar-refractivity contribution in [2.45, 2.75) is 51.7 Å². The monoisotopic (exact) mass is 548 g/mol. The van der Waals surface area contributed by atoms with E-state index in [-0.39, 0.29) is 41.9 Å². The van der Waals surface area contributed by atoms with E-state index in [1.54, 1.807) is 18.2 Å². The van der Waals surface area contributed by atoms with Gasteiger partial charge in [0.05, 0.1) is 6.42 Å². The number of nitrogens with one attached hydrogen (secondary N) is 1. The van der Waals surface area contributed by atoms with Crippen LogP contribution in [0.5, 0.6) is 0 Å². The average molecular weight is 550 g/mol. The maximum Gasteiger partial charge on any atom is 0.243 e. The lowest BCUT2D eigenvalue weighted by atomic mass is 10.0. The molecule has 0 saturated heterocycles. The number of amides is 2. The van der Waals surface area contributed by atoms with Crippen molar-refractivity contribution in [3.05, 3.63) is 104 Å². The molecular weight excluding hydrogens is 522 g/mol. The molecule has 0 aromatic heterocycles. The lowest BCUT2D eigenvalue weighted by Gasteiger charge is -2.33. The molecule has 0 saturated carbocycles. The first-order valence-corrected chi connectivity index (χ1v) is 12.8. The summed E-state index contributed by atoms with van der Waals surface area (Å²) in [6.45, 7) is 3.83. The van der Waals surface area contributed by atoms with Gasteiger partial charge in [-0.2, -0.15) is 0 Å². The van der Waals surface area contributed by atoms with E-state index in [1.165, 1.54) is 23.1 Å². The third-order valence-electron chi connectivity index (χ3n) is 6.05. The van der Waals surface area contributed by atoms with Gasteiger partial charge in [0.25, 0.3) is 0 Å². The Morgan fingerprint density at radius 2 is 1.47 bits per heavy atom. The first-order chi connectivity index (χ1) is 17.2. The highest BCUT2D eigenvalue weighted by Crippen LogP contribution is 2.28. The van der Waals surface area contributed by atoms with Crippen LogP contribution >= 0.6 is 34.8 Å². The summed E-state index contributed by atoms with van der Waals surface area (Å²) in [5, 5.41) is 3.86. The summed E-state index contributed by atoms with van der Waals surface area (Å²) in [7, 11) is 0. The molecule has 4 nitrogen and oxygen atoms in total. The molecule has 0 aliphatic heterocycles. The van der Waals surface area contributed by atoms with Crippen molar-refractivity contribution in [2.75, 3.05) is 0 Å². The minimum Gasteiger partial charge on any atom is -0.352 e. The van der Waals surface area contributed by atoms with Crippen LogP contribution < -0.4 is 5.32 Å². The molecule has 36 heavy (non-hydrogen) atoms. The van der Waals surface area contributed by atoms with E-state index in [0.717, 1.165) is 12.0 Å². The molecule has 3 aromatic carbocycles. The van der Waals surface area contributed by atoms with Crippen LogP contribution in [-0.2, 0) is 29.0 Å². The Balaban J connectivity index is 2.06. The number of rotatable bonds is 10. The Morgan fingerprint density at radius 1 is 0.889 bits per heavy atom. The summed E-state index contributed by atoms with van der Waals surface area (Å²) in [5.41, 5.74) is 1.44. The maximum absolute atomic E-state index is 14.6. The molecule has 2 atom stereocenters. The Hall–Kier alpha value is -2.60. The Morgan fingerprint density at radius 3 is 2.06 bits per heavy atom. The molecule has 190 valence electrons. The van der Waals surface area contributed by atoms with Gasteiger partial charge in [0.15, 0.2) is 0 Å². The lowest BCUT2D eigenvalue weighted by Crippen LogP contribution is -2.52. The van der Waals surface area contributed by atoms with Gasteiger partial charge in [-0.1, -0.05) is 84.2 Å². The van der Waals surface area contributed by atoms with Crippen molar-refractivity contribution in [1.82, 2.24) is 10.2 Å². The van der Waals surface area contributed by atoms with Crippen molar-refractivity contribution in [2.24, 2.45) is 0 Å². The Bertz CT molecular complexity index is 1170. The Kier molecular flexibility index (Phi) is 10.2. The fraction of sp³-hybridized carbons (Fsp3) is 0.286. The van der Waals surface area contributed by atoms with Gasteiger partial charge >= 0.3 is 0 Å². The van der Waals surface area contributed by atoms with Crippen molar-refractivity contribution < 1.29 is 14.0 Å². The largest absolute Gasteiger partial charge is 0.352 e.